The Morgan fingerprint density at radius 1 is 0.933 bits per heavy atom. The number of likely N-dealkylation sites (N-methyl/N-ethyl adjacent to an activating group) is 1. The van der Waals surface area contributed by atoms with Gasteiger partial charge in [0.2, 0.25) is 0 Å². The molecule has 0 N–H and O–H groups in total. The molecule has 0 unspecified atom stereocenters. The van der Waals surface area contributed by atoms with E-state index in [4.69, 9.17) is 0 Å². The topological polar surface area (TPSA) is 6.48 Å². The molecule has 3 fully saturated rings. The molecule has 3 aliphatic rings. The molecule has 15 heavy (non-hydrogen) atoms. The molecule has 2 nitrogen and oxygen atoms in total. The summed E-state index contributed by atoms with van der Waals surface area (Å²) in [5.74, 6) is 2.17. The average molecular weight is 208 g/mol. The van der Waals surface area contributed by atoms with Crippen LogP contribution < -0.4 is 0 Å². The Morgan fingerprint density at radius 3 is 2.60 bits per heavy atom. The van der Waals surface area contributed by atoms with Crippen LogP contribution in [0.15, 0.2) is 0 Å². The minimum Gasteiger partial charge on any atom is -0.305 e. The van der Waals surface area contributed by atoms with Gasteiger partial charge in [-0.2, -0.15) is 0 Å². The van der Waals surface area contributed by atoms with Gasteiger partial charge in [0.25, 0.3) is 0 Å². The minimum atomic E-state index is 0.968. The fraction of sp³-hybridized carbons (Fsp3) is 1.00. The van der Waals surface area contributed by atoms with Gasteiger partial charge in [-0.1, -0.05) is 6.42 Å². The molecule has 0 aromatic carbocycles. The first-order valence-corrected chi connectivity index (χ1v) is 6.75. The van der Waals surface area contributed by atoms with E-state index >= 15 is 0 Å². The normalized spacial score (nSPS) is 43.4. The highest BCUT2D eigenvalue weighted by Crippen LogP contribution is 2.46. The van der Waals surface area contributed by atoms with E-state index in [9.17, 15) is 0 Å². The zero-order valence-electron chi connectivity index (χ0n) is 9.99. The number of rotatable bonds is 1. The van der Waals surface area contributed by atoms with E-state index in [1.807, 2.05) is 0 Å². The average Bonchev–Trinajstić information content (AvgIpc) is 2.79. The van der Waals surface area contributed by atoms with Crippen molar-refractivity contribution in [2.45, 2.75) is 38.1 Å². The lowest BCUT2D eigenvalue weighted by molar-refractivity contribution is 0.148. The first-order valence-electron chi connectivity index (χ1n) is 6.75. The molecule has 3 rings (SSSR count). The highest BCUT2D eigenvalue weighted by atomic mass is 15.2. The van der Waals surface area contributed by atoms with Gasteiger partial charge in [-0.05, 0) is 57.7 Å². The highest BCUT2D eigenvalue weighted by molar-refractivity contribution is 4.95. The summed E-state index contributed by atoms with van der Waals surface area (Å²) in [4.78, 5) is 5.31. The lowest BCUT2D eigenvalue weighted by Crippen LogP contribution is -2.41. The molecule has 0 spiro atoms. The summed E-state index contributed by atoms with van der Waals surface area (Å²) in [6.45, 7) is 5.27. The van der Waals surface area contributed by atoms with Crippen LogP contribution >= 0.6 is 0 Å². The molecule has 0 amide bonds. The molecular weight excluding hydrogens is 184 g/mol. The summed E-state index contributed by atoms with van der Waals surface area (Å²) in [5, 5.41) is 0. The number of nitrogens with zero attached hydrogens (tertiary/aromatic N) is 2. The molecule has 3 atom stereocenters. The Kier molecular flexibility index (Phi) is 2.73. The zero-order chi connectivity index (χ0) is 10.3. The van der Waals surface area contributed by atoms with Gasteiger partial charge in [0.05, 0.1) is 0 Å². The van der Waals surface area contributed by atoms with Crippen LogP contribution in [0.2, 0.25) is 0 Å². The summed E-state index contributed by atoms with van der Waals surface area (Å²) < 4.78 is 0. The molecule has 0 aromatic heterocycles. The fourth-order valence-corrected chi connectivity index (χ4v) is 4.06. The SMILES string of the molecule is CN1CCCN([C@@H]2C[C@H]3CC[C@H]2C3)CC1. The number of hydrogen-bond donors (Lipinski definition) is 0. The second-order valence-corrected chi connectivity index (χ2v) is 5.94. The molecule has 2 saturated carbocycles. The third kappa shape index (κ3) is 1.94. The quantitative estimate of drug-likeness (QED) is 0.648. The third-order valence-electron chi connectivity index (χ3n) is 4.92. The predicted octanol–water partition coefficient (Wildman–Crippen LogP) is 1.81. The van der Waals surface area contributed by atoms with Crippen LogP contribution in [0.1, 0.15) is 32.1 Å². The second kappa shape index (κ2) is 4.06. The van der Waals surface area contributed by atoms with Crippen LogP contribution in [0.5, 0.6) is 0 Å². The van der Waals surface area contributed by atoms with Crippen LogP contribution in [-0.4, -0.2) is 49.1 Å². The van der Waals surface area contributed by atoms with Crippen molar-refractivity contribution < 1.29 is 0 Å². The summed E-state index contributed by atoms with van der Waals surface area (Å²) in [6.07, 6.45) is 7.52. The van der Waals surface area contributed by atoms with Gasteiger partial charge in [0.1, 0.15) is 0 Å². The van der Waals surface area contributed by atoms with Gasteiger partial charge in [0.15, 0.2) is 0 Å². The minimum absolute atomic E-state index is 0.968. The zero-order valence-corrected chi connectivity index (χ0v) is 9.99. The standard InChI is InChI=1S/C13H24N2/c1-14-5-2-6-15(8-7-14)13-10-11-3-4-12(13)9-11/h11-13H,2-10H2,1H3/t11-,12-,13+/m0/s1. The summed E-state index contributed by atoms with van der Waals surface area (Å²) in [5.41, 5.74) is 0. The van der Waals surface area contributed by atoms with Crippen molar-refractivity contribution in [2.75, 3.05) is 33.2 Å². The molecule has 1 saturated heterocycles. The van der Waals surface area contributed by atoms with Crippen molar-refractivity contribution in [3.63, 3.8) is 0 Å². The van der Waals surface area contributed by atoms with E-state index < -0.39 is 0 Å². The molecule has 0 radical (unpaired) electrons. The maximum absolute atomic E-state index is 2.81. The smallest absolute Gasteiger partial charge is 0.0127 e. The summed E-state index contributed by atoms with van der Waals surface area (Å²) in [7, 11) is 2.27. The lowest BCUT2D eigenvalue weighted by Gasteiger charge is -2.33. The Hall–Kier alpha value is -0.0800. The van der Waals surface area contributed by atoms with Crippen LogP contribution in [0.25, 0.3) is 0 Å². The third-order valence-corrected chi connectivity index (χ3v) is 4.92. The fourth-order valence-electron chi connectivity index (χ4n) is 4.06. The number of fused-ring (bicyclic) bond motifs is 2. The van der Waals surface area contributed by atoms with Crippen molar-refractivity contribution in [3.8, 4) is 0 Å². The summed E-state index contributed by atoms with van der Waals surface area (Å²) in [6, 6.07) is 0.968. The largest absolute Gasteiger partial charge is 0.305 e. The molecule has 0 aromatic rings. The Bertz CT molecular complexity index is 229. The number of hydrogen-bond acceptors (Lipinski definition) is 2. The Morgan fingerprint density at radius 2 is 1.87 bits per heavy atom. The van der Waals surface area contributed by atoms with Gasteiger partial charge in [0, 0.05) is 19.1 Å². The Labute approximate surface area is 93.6 Å². The first kappa shape index (κ1) is 10.1. The molecule has 1 aliphatic heterocycles. The van der Waals surface area contributed by atoms with Crippen molar-refractivity contribution in [2.24, 2.45) is 11.8 Å². The molecule has 1 heterocycles. The summed E-state index contributed by atoms with van der Waals surface area (Å²) >= 11 is 0. The molecular formula is C13H24N2. The monoisotopic (exact) mass is 208 g/mol. The lowest BCUT2D eigenvalue weighted by atomic mass is 9.94. The van der Waals surface area contributed by atoms with E-state index in [1.165, 1.54) is 51.9 Å². The van der Waals surface area contributed by atoms with E-state index in [1.54, 1.807) is 6.42 Å². The van der Waals surface area contributed by atoms with Crippen molar-refractivity contribution >= 4 is 0 Å². The van der Waals surface area contributed by atoms with Crippen LogP contribution in [-0.2, 0) is 0 Å². The Balaban J connectivity index is 1.62. The van der Waals surface area contributed by atoms with Gasteiger partial charge < -0.3 is 4.90 Å². The van der Waals surface area contributed by atoms with E-state index in [0.717, 1.165) is 17.9 Å². The van der Waals surface area contributed by atoms with Crippen molar-refractivity contribution in [1.82, 2.24) is 9.80 Å². The van der Waals surface area contributed by atoms with E-state index in [2.05, 4.69) is 16.8 Å². The van der Waals surface area contributed by atoms with Gasteiger partial charge in [-0.25, -0.2) is 0 Å². The van der Waals surface area contributed by atoms with Gasteiger partial charge in [-0.3, -0.25) is 4.90 Å². The molecule has 2 aliphatic carbocycles. The maximum Gasteiger partial charge on any atom is 0.0127 e. The van der Waals surface area contributed by atoms with Gasteiger partial charge >= 0.3 is 0 Å². The van der Waals surface area contributed by atoms with Crippen LogP contribution in [0.4, 0.5) is 0 Å². The first-order chi connectivity index (χ1) is 7.33. The van der Waals surface area contributed by atoms with E-state index in [-0.39, 0.29) is 0 Å². The molecule has 86 valence electrons. The van der Waals surface area contributed by atoms with Crippen LogP contribution in [0.3, 0.4) is 0 Å². The molecule has 2 heteroatoms. The maximum atomic E-state index is 2.81. The van der Waals surface area contributed by atoms with Gasteiger partial charge in [-0.15, -0.1) is 0 Å². The highest BCUT2D eigenvalue weighted by Gasteiger charge is 2.42. The van der Waals surface area contributed by atoms with E-state index in [0.29, 0.717) is 0 Å². The second-order valence-electron chi connectivity index (χ2n) is 5.94. The van der Waals surface area contributed by atoms with Crippen molar-refractivity contribution in [1.29, 1.82) is 0 Å². The van der Waals surface area contributed by atoms with Crippen molar-refractivity contribution in [3.05, 3.63) is 0 Å². The van der Waals surface area contributed by atoms with Crippen LogP contribution in [0, 0.1) is 11.8 Å². The predicted molar refractivity (Wildman–Crippen MR) is 62.9 cm³/mol. The molecule has 2 bridgehead atoms.